The number of hydrogen-bond donors (Lipinski definition) is 0. The van der Waals surface area contributed by atoms with E-state index in [1.807, 2.05) is 0 Å². The van der Waals surface area contributed by atoms with Gasteiger partial charge in [-0.15, -0.1) is 0 Å². The van der Waals surface area contributed by atoms with Gasteiger partial charge >= 0.3 is 0 Å². The van der Waals surface area contributed by atoms with Crippen LogP contribution in [0.4, 0.5) is 11.4 Å². The summed E-state index contributed by atoms with van der Waals surface area (Å²) in [6.07, 6.45) is 44.1. The summed E-state index contributed by atoms with van der Waals surface area (Å²) in [5.41, 5.74) is 10.9. The first-order chi connectivity index (χ1) is 24.8. The number of rotatable bonds is 5. The fourth-order valence-corrected chi connectivity index (χ4v) is 9.68. The number of fused-ring (bicyclic) bond motifs is 6. The Bertz CT molecular complexity index is 2110. The van der Waals surface area contributed by atoms with E-state index in [-0.39, 0.29) is 0 Å². The maximum Gasteiger partial charge on any atom is 0.0586 e. The fraction of sp³-hybridized carbons (Fsp3) is 0.208. The summed E-state index contributed by atoms with van der Waals surface area (Å²) in [7, 11) is 0. The van der Waals surface area contributed by atoms with Gasteiger partial charge in [0.05, 0.1) is 24.2 Å². The molecule has 2 heteroatoms. The molecule has 0 amide bonds. The zero-order valence-corrected chi connectivity index (χ0v) is 28.2. The van der Waals surface area contributed by atoms with Crippen molar-refractivity contribution < 1.29 is 0 Å². The summed E-state index contributed by atoms with van der Waals surface area (Å²) in [6.45, 7) is 0. The molecule has 10 rings (SSSR count). The van der Waals surface area contributed by atoms with Gasteiger partial charge in [0.15, 0.2) is 0 Å². The van der Waals surface area contributed by atoms with Crippen LogP contribution in [0.15, 0.2) is 182 Å². The summed E-state index contributed by atoms with van der Waals surface area (Å²) in [5, 5.41) is 0. The Kier molecular flexibility index (Phi) is 7.22. The molecule has 1 fully saturated rings. The molecule has 8 atom stereocenters. The Morgan fingerprint density at radius 2 is 1.38 bits per heavy atom. The van der Waals surface area contributed by atoms with Crippen molar-refractivity contribution in [1.29, 1.82) is 0 Å². The Morgan fingerprint density at radius 3 is 2.24 bits per heavy atom. The Labute approximate surface area is 296 Å². The Morgan fingerprint density at radius 1 is 0.580 bits per heavy atom. The summed E-state index contributed by atoms with van der Waals surface area (Å²) in [5.74, 6) is 1.69. The molecule has 244 valence electrons. The summed E-state index contributed by atoms with van der Waals surface area (Å²) < 4.78 is 0. The second-order valence-corrected chi connectivity index (χ2v) is 14.7. The second kappa shape index (κ2) is 12.2. The molecule has 50 heavy (non-hydrogen) atoms. The van der Waals surface area contributed by atoms with Crippen molar-refractivity contribution in [2.24, 2.45) is 11.8 Å². The SMILES string of the molecule is C1=CCC(c2ccc(N3C4C=CC=CC4C4C=C(c5ccc6c(c5)C5C=CC=CC5N6C5C=CC=C(c6ccccc6)C5)C=CC43)cc2)C=C1. The van der Waals surface area contributed by atoms with Crippen molar-refractivity contribution in [3.05, 3.63) is 204 Å². The van der Waals surface area contributed by atoms with Gasteiger partial charge in [-0.2, -0.15) is 0 Å². The van der Waals surface area contributed by atoms with E-state index in [1.54, 1.807) is 0 Å². The minimum atomic E-state index is 0.318. The number of allylic oxidation sites excluding steroid dienone is 12. The predicted octanol–water partition coefficient (Wildman–Crippen LogP) is 10.7. The third-order valence-corrected chi connectivity index (χ3v) is 12.1. The topological polar surface area (TPSA) is 6.48 Å². The smallest absolute Gasteiger partial charge is 0.0586 e. The molecule has 7 aliphatic rings. The van der Waals surface area contributed by atoms with Gasteiger partial charge < -0.3 is 9.80 Å². The molecule has 5 aliphatic carbocycles. The first-order valence-electron chi connectivity index (χ1n) is 18.5. The number of benzene rings is 3. The lowest BCUT2D eigenvalue weighted by Gasteiger charge is -2.36. The highest BCUT2D eigenvalue weighted by molar-refractivity contribution is 5.81. The highest BCUT2D eigenvalue weighted by Crippen LogP contribution is 2.50. The molecule has 3 aromatic rings. The molecule has 2 aliphatic heterocycles. The molecule has 1 saturated heterocycles. The molecule has 3 aromatic carbocycles. The fourth-order valence-electron chi connectivity index (χ4n) is 9.68. The van der Waals surface area contributed by atoms with Gasteiger partial charge in [-0.1, -0.05) is 158 Å². The molecule has 8 unspecified atom stereocenters. The summed E-state index contributed by atoms with van der Waals surface area (Å²) in [6, 6.07) is 28.9. The van der Waals surface area contributed by atoms with E-state index >= 15 is 0 Å². The molecule has 2 heterocycles. The molecule has 0 spiro atoms. The van der Waals surface area contributed by atoms with Crippen molar-refractivity contribution in [2.75, 3.05) is 9.80 Å². The normalized spacial score (nSPS) is 31.0. The number of hydrogen-bond acceptors (Lipinski definition) is 2. The van der Waals surface area contributed by atoms with Crippen LogP contribution in [0.2, 0.25) is 0 Å². The number of anilines is 2. The standard InChI is InChI=1S/C48H42N2/c1-3-12-33(13-4-1)35-22-26-39(27-23-35)49-45-20-9-7-18-41(45)43-31-37(24-28-47(43)49)38-25-29-48-44(32-38)42-19-8-10-21-46(42)50(48)40-17-11-16-36(30-40)34-14-5-2-6-15-34/h1-12,14-29,31-33,40-43,45-47H,13,30H2. The van der Waals surface area contributed by atoms with Gasteiger partial charge in [-0.05, 0) is 70.5 Å². The van der Waals surface area contributed by atoms with Crippen LogP contribution in [-0.2, 0) is 0 Å². The molecule has 0 saturated carbocycles. The lowest BCUT2D eigenvalue weighted by molar-refractivity contribution is 0.528. The maximum absolute atomic E-state index is 2.68. The molecular weight excluding hydrogens is 605 g/mol. The van der Waals surface area contributed by atoms with E-state index in [0.29, 0.717) is 47.8 Å². The minimum absolute atomic E-state index is 0.318. The van der Waals surface area contributed by atoms with Crippen LogP contribution >= 0.6 is 0 Å². The molecule has 0 radical (unpaired) electrons. The van der Waals surface area contributed by atoms with Crippen molar-refractivity contribution in [2.45, 2.75) is 48.8 Å². The zero-order chi connectivity index (χ0) is 33.0. The third-order valence-electron chi connectivity index (χ3n) is 12.1. The van der Waals surface area contributed by atoms with E-state index in [2.05, 4.69) is 192 Å². The largest absolute Gasteiger partial charge is 0.357 e. The highest BCUT2D eigenvalue weighted by Gasteiger charge is 2.46. The highest BCUT2D eigenvalue weighted by atomic mass is 15.2. The van der Waals surface area contributed by atoms with Gasteiger partial charge in [0.1, 0.15) is 0 Å². The first-order valence-corrected chi connectivity index (χ1v) is 18.5. The average molecular weight is 647 g/mol. The van der Waals surface area contributed by atoms with Gasteiger partial charge in [-0.25, -0.2) is 0 Å². The van der Waals surface area contributed by atoms with Crippen LogP contribution in [0.3, 0.4) is 0 Å². The molecule has 0 aromatic heterocycles. The van der Waals surface area contributed by atoms with E-state index < -0.39 is 0 Å². The van der Waals surface area contributed by atoms with Crippen molar-refractivity contribution in [1.82, 2.24) is 0 Å². The van der Waals surface area contributed by atoms with Gasteiger partial charge in [0.25, 0.3) is 0 Å². The van der Waals surface area contributed by atoms with Crippen molar-refractivity contribution in [3.8, 4) is 0 Å². The van der Waals surface area contributed by atoms with Gasteiger partial charge in [0, 0.05) is 35.0 Å². The van der Waals surface area contributed by atoms with Crippen LogP contribution in [0.25, 0.3) is 11.1 Å². The van der Waals surface area contributed by atoms with Gasteiger partial charge in [-0.3, -0.25) is 0 Å². The minimum Gasteiger partial charge on any atom is -0.357 e. The van der Waals surface area contributed by atoms with Crippen molar-refractivity contribution in [3.63, 3.8) is 0 Å². The molecule has 2 nitrogen and oxygen atoms in total. The lowest BCUT2D eigenvalue weighted by Crippen LogP contribution is -2.41. The Balaban J connectivity index is 0.949. The number of nitrogens with zero attached hydrogens (tertiary/aromatic N) is 2. The lowest BCUT2D eigenvalue weighted by atomic mass is 9.80. The second-order valence-electron chi connectivity index (χ2n) is 14.7. The average Bonchev–Trinajstić information content (AvgIpc) is 3.71. The van der Waals surface area contributed by atoms with Crippen molar-refractivity contribution >= 4 is 22.5 Å². The van der Waals surface area contributed by atoms with E-state index in [1.165, 1.54) is 44.8 Å². The van der Waals surface area contributed by atoms with Crippen LogP contribution in [0, 0.1) is 11.8 Å². The summed E-state index contributed by atoms with van der Waals surface area (Å²) >= 11 is 0. The summed E-state index contributed by atoms with van der Waals surface area (Å²) in [4.78, 5) is 5.35. The van der Waals surface area contributed by atoms with E-state index in [4.69, 9.17) is 0 Å². The molecule has 0 bridgehead atoms. The first kappa shape index (κ1) is 29.6. The molecular formula is C48H42N2. The zero-order valence-electron chi connectivity index (χ0n) is 28.2. The molecule has 0 N–H and O–H groups in total. The predicted molar refractivity (Wildman–Crippen MR) is 210 cm³/mol. The monoisotopic (exact) mass is 646 g/mol. The quantitative estimate of drug-likeness (QED) is 0.272. The van der Waals surface area contributed by atoms with Crippen LogP contribution in [0.1, 0.15) is 46.9 Å². The third kappa shape index (κ3) is 4.92. The van der Waals surface area contributed by atoms with Gasteiger partial charge in [0.2, 0.25) is 0 Å². The van der Waals surface area contributed by atoms with Crippen LogP contribution in [-0.4, -0.2) is 24.2 Å². The van der Waals surface area contributed by atoms with E-state index in [0.717, 1.165) is 12.8 Å². The Hall–Kier alpha value is -5.34. The maximum atomic E-state index is 2.68. The van der Waals surface area contributed by atoms with Crippen LogP contribution in [0.5, 0.6) is 0 Å². The van der Waals surface area contributed by atoms with E-state index in [9.17, 15) is 0 Å². The van der Waals surface area contributed by atoms with Crippen LogP contribution < -0.4 is 9.80 Å².